The van der Waals surface area contributed by atoms with Crippen molar-refractivity contribution in [3.63, 3.8) is 0 Å². The van der Waals surface area contributed by atoms with Crippen molar-refractivity contribution in [1.29, 1.82) is 5.41 Å². The Labute approximate surface area is 204 Å². The fourth-order valence-electron chi connectivity index (χ4n) is 4.08. The molecule has 4 aromatic rings. The number of aryl methyl sites for hydroxylation is 2. The maximum atomic E-state index is 8.35. The van der Waals surface area contributed by atoms with E-state index in [0.29, 0.717) is 5.92 Å². The summed E-state index contributed by atoms with van der Waals surface area (Å²) in [5, 5.41) is 5.40. The van der Waals surface area contributed by atoms with Gasteiger partial charge in [-0.1, -0.05) is 104 Å². The highest BCUT2D eigenvalue weighted by molar-refractivity contribution is 5.44. The Hall–Kier alpha value is -3.74. The van der Waals surface area contributed by atoms with E-state index in [4.69, 9.17) is 10.2 Å². The first kappa shape index (κ1) is 26.5. The van der Waals surface area contributed by atoms with E-state index >= 15 is 0 Å². The molecule has 0 aromatic heterocycles. The number of carbonyl (C=O) groups excluding carboxylic acids is 1. The van der Waals surface area contributed by atoms with Crippen molar-refractivity contribution in [3.05, 3.63) is 142 Å². The van der Waals surface area contributed by atoms with Crippen LogP contribution in [0.15, 0.2) is 97.1 Å². The summed E-state index contributed by atoms with van der Waals surface area (Å²) in [5.74, 6) is 0.463. The van der Waals surface area contributed by atoms with E-state index in [0.717, 1.165) is 12.5 Å². The fourth-order valence-corrected chi connectivity index (χ4v) is 4.08. The van der Waals surface area contributed by atoms with Crippen LogP contribution in [0, 0.1) is 33.1 Å². The van der Waals surface area contributed by atoms with Crippen molar-refractivity contribution < 1.29 is 4.79 Å². The minimum absolute atomic E-state index is 0.463. The van der Waals surface area contributed by atoms with Crippen LogP contribution in [-0.2, 0) is 11.2 Å². The van der Waals surface area contributed by atoms with Crippen molar-refractivity contribution in [3.8, 4) is 0 Å². The predicted molar refractivity (Wildman–Crippen MR) is 143 cm³/mol. The average Bonchev–Trinajstić information content (AvgIpc) is 2.84. The van der Waals surface area contributed by atoms with Crippen molar-refractivity contribution in [2.24, 2.45) is 0 Å². The summed E-state index contributed by atoms with van der Waals surface area (Å²) in [6, 6.07) is 34.3. The lowest BCUT2D eigenvalue weighted by atomic mass is 9.85. The summed E-state index contributed by atoms with van der Waals surface area (Å²) in [5.41, 5.74) is 11.2. The standard InChI is InChI=1S/C18H22.C13H12.CHNO/c1-12-8-6-10-17(14(12)3)16(5)18-11-7-9-13(2)15(18)4;1-3-7-12(8-4-1)11-13-9-5-2-6-10-13;2-1-3/h6-11,16H,1-5H3;1-10H,11H2;2H. The minimum Gasteiger partial charge on any atom is -0.222 e. The van der Waals surface area contributed by atoms with Gasteiger partial charge in [-0.25, -0.2) is 10.2 Å². The Morgan fingerprint density at radius 2 is 0.971 bits per heavy atom. The molecule has 0 unspecified atom stereocenters. The van der Waals surface area contributed by atoms with Gasteiger partial charge in [0.2, 0.25) is 6.08 Å². The van der Waals surface area contributed by atoms with Crippen molar-refractivity contribution in [2.75, 3.05) is 0 Å². The summed E-state index contributed by atoms with van der Waals surface area (Å²) in [6.45, 7) is 11.1. The van der Waals surface area contributed by atoms with Gasteiger partial charge in [0.1, 0.15) is 0 Å². The van der Waals surface area contributed by atoms with Gasteiger partial charge in [-0.3, -0.25) is 0 Å². The molecule has 0 fully saturated rings. The zero-order valence-electron chi connectivity index (χ0n) is 20.9. The summed E-state index contributed by atoms with van der Waals surface area (Å²) < 4.78 is 0. The van der Waals surface area contributed by atoms with Gasteiger partial charge in [0.05, 0.1) is 0 Å². The molecule has 0 spiro atoms. The van der Waals surface area contributed by atoms with E-state index in [1.54, 1.807) is 0 Å². The van der Waals surface area contributed by atoms with Crippen LogP contribution < -0.4 is 0 Å². The van der Waals surface area contributed by atoms with Gasteiger partial charge in [0.15, 0.2) is 0 Å². The quantitative estimate of drug-likeness (QED) is 0.247. The Balaban J connectivity index is 0.000000224. The van der Waals surface area contributed by atoms with Crippen LogP contribution in [0.1, 0.15) is 57.3 Å². The van der Waals surface area contributed by atoms with E-state index in [2.05, 4.69) is 132 Å². The maximum absolute atomic E-state index is 8.35. The van der Waals surface area contributed by atoms with Crippen LogP contribution in [0.4, 0.5) is 0 Å². The molecule has 2 nitrogen and oxygen atoms in total. The van der Waals surface area contributed by atoms with Crippen LogP contribution in [0.3, 0.4) is 0 Å². The first-order chi connectivity index (χ1) is 16.4. The average molecular weight is 450 g/mol. The van der Waals surface area contributed by atoms with E-state index in [1.165, 1.54) is 44.5 Å². The van der Waals surface area contributed by atoms with Gasteiger partial charge < -0.3 is 0 Å². The summed E-state index contributed by atoms with van der Waals surface area (Å²) >= 11 is 0. The van der Waals surface area contributed by atoms with Gasteiger partial charge in [-0.05, 0) is 78.6 Å². The third-order valence-corrected chi connectivity index (χ3v) is 6.32. The predicted octanol–water partition coefficient (Wildman–Crippen LogP) is 8.25. The highest BCUT2D eigenvalue weighted by atomic mass is 16.1. The highest BCUT2D eigenvalue weighted by Crippen LogP contribution is 2.31. The van der Waals surface area contributed by atoms with Gasteiger partial charge in [0.25, 0.3) is 0 Å². The zero-order valence-corrected chi connectivity index (χ0v) is 20.9. The molecule has 0 heterocycles. The Morgan fingerprint density at radius 3 is 1.32 bits per heavy atom. The van der Waals surface area contributed by atoms with Crippen LogP contribution in [0.5, 0.6) is 0 Å². The van der Waals surface area contributed by atoms with Gasteiger partial charge >= 0.3 is 0 Å². The second-order valence-corrected chi connectivity index (χ2v) is 8.55. The molecule has 2 heteroatoms. The van der Waals surface area contributed by atoms with E-state index in [1.807, 2.05) is 0 Å². The van der Waals surface area contributed by atoms with Crippen LogP contribution >= 0.6 is 0 Å². The topological polar surface area (TPSA) is 40.9 Å². The van der Waals surface area contributed by atoms with Crippen molar-refractivity contribution >= 4 is 6.08 Å². The molecule has 174 valence electrons. The number of benzene rings is 4. The summed E-state index contributed by atoms with van der Waals surface area (Å²) in [6.07, 6.45) is 1.78. The lowest BCUT2D eigenvalue weighted by Crippen LogP contribution is -2.03. The largest absolute Gasteiger partial charge is 0.231 e. The molecule has 0 aliphatic carbocycles. The van der Waals surface area contributed by atoms with E-state index in [9.17, 15) is 0 Å². The second kappa shape index (κ2) is 13.7. The highest BCUT2D eigenvalue weighted by Gasteiger charge is 2.14. The van der Waals surface area contributed by atoms with Crippen LogP contribution in [-0.4, -0.2) is 6.08 Å². The Morgan fingerprint density at radius 1 is 0.618 bits per heavy atom. The molecule has 0 saturated carbocycles. The smallest absolute Gasteiger partial charge is 0.222 e. The number of nitrogens with one attached hydrogen (secondary N) is 1. The van der Waals surface area contributed by atoms with Gasteiger partial charge in [-0.15, -0.1) is 0 Å². The van der Waals surface area contributed by atoms with Crippen LogP contribution in [0.2, 0.25) is 0 Å². The Kier molecular flexibility index (Phi) is 10.7. The number of rotatable bonds is 4. The molecule has 34 heavy (non-hydrogen) atoms. The molecule has 4 aromatic carbocycles. The number of hydrogen-bond donors (Lipinski definition) is 1. The zero-order chi connectivity index (χ0) is 24.9. The molecule has 0 radical (unpaired) electrons. The SMILES string of the molecule is Cc1cccc(C(C)c2cccc(C)c2C)c1C.N=C=O.c1ccc(Cc2ccccc2)cc1. The third-order valence-electron chi connectivity index (χ3n) is 6.32. The monoisotopic (exact) mass is 449 g/mol. The molecular weight excluding hydrogens is 414 g/mol. The molecule has 0 amide bonds. The number of hydrogen-bond acceptors (Lipinski definition) is 2. The second-order valence-electron chi connectivity index (χ2n) is 8.55. The lowest BCUT2D eigenvalue weighted by molar-refractivity contribution is 0.563. The first-order valence-corrected chi connectivity index (χ1v) is 11.6. The normalized spacial score (nSPS) is 9.82. The van der Waals surface area contributed by atoms with Crippen molar-refractivity contribution in [2.45, 2.75) is 47.0 Å². The number of isocyanates is 1. The summed E-state index contributed by atoms with van der Waals surface area (Å²) in [4.78, 5) is 8.35. The minimum atomic E-state index is 0.463. The fraction of sp³-hybridized carbons (Fsp3) is 0.219. The lowest BCUT2D eigenvalue weighted by Gasteiger charge is -2.19. The van der Waals surface area contributed by atoms with Gasteiger partial charge in [-0.2, -0.15) is 0 Å². The van der Waals surface area contributed by atoms with Gasteiger partial charge in [0, 0.05) is 5.92 Å². The first-order valence-electron chi connectivity index (χ1n) is 11.6. The van der Waals surface area contributed by atoms with E-state index in [-0.39, 0.29) is 0 Å². The van der Waals surface area contributed by atoms with Crippen molar-refractivity contribution in [1.82, 2.24) is 0 Å². The maximum Gasteiger partial charge on any atom is 0.231 e. The van der Waals surface area contributed by atoms with E-state index < -0.39 is 0 Å². The molecule has 0 bridgehead atoms. The van der Waals surface area contributed by atoms with Crippen LogP contribution in [0.25, 0.3) is 0 Å². The molecule has 0 atom stereocenters. The third kappa shape index (κ3) is 7.69. The molecule has 0 aliphatic heterocycles. The molecule has 1 N–H and O–H groups in total. The molecular formula is C32H35NO. The molecule has 4 rings (SSSR count). The summed E-state index contributed by atoms with van der Waals surface area (Å²) in [7, 11) is 0. The Bertz CT molecular complexity index is 1100. The molecule has 0 saturated heterocycles. The molecule has 0 aliphatic rings.